The van der Waals surface area contributed by atoms with Gasteiger partial charge in [0, 0.05) is 51.7 Å². The summed E-state index contributed by atoms with van der Waals surface area (Å²) in [6.45, 7) is 9.41. The first-order valence-corrected chi connectivity index (χ1v) is 11.5. The van der Waals surface area contributed by atoms with Crippen molar-refractivity contribution in [1.82, 2.24) is 19.8 Å². The summed E-state index contributed by atoms with van der Waals surface area (Å²) in [6.07, 6.45) is 4.19. The molecule has 0 aliphatic carbocycles. The largest absolute Gasteiger partial charge is 0.379 e. The maximum Gasteiger partial charge on any atom is 0.277 e. The molecule has 33 heavy (non-hydrogen) atoms. The van der Waals surface area contributed by atoms with Crippen molar-refractivity contribution in [3.63, 3.8) is 0 Å². The molecular weight excluding hydrogens is 418 g/mol. The minimum absolute atomic E-state index is 0.122. The standard InChI is InChI=1S/C25H31N5O3/c1-18(2)33-17-5-12-30-23(31)21(20-8-6-19(3)7-9-20)22(24(30)32)28-13-15-29(16-14-28)25-26-10-4-11-27-25/h4,6-11,18H,5,12-17H2,1-3H3. The van der Waals surface area contributed by atoms with E-state index >= 15 is 0 Å². The summed E-state index contributed by atoms with van der Waals surface area (Å²) in [5.41, 5.74) is 2.89. The fourth-order valence-corrected chi connectivity index (χ4v) is 4.17. The molecule has 1 aromatic carbocycles. The molecule has 174 valence electrons. The van der Waals surface area contributed by atoms with Gasteiger partial charge >= 0.3 is 0 Å². The Balaban J connectivity index is 1.56. The lowest BCUT2D eigenvalue weighted by Gasteiger charge is -2.36. The van der Waals surface area contributed by atoms with E-state index in [9.17, 15) is 9.59 Å². The molecule has 1 saturated heterocycles. The van der Waals surface area contributed by atoms with Crippen LogP contribution in [0, 0.1) is 6.92 Å². The minimum atomic E-state index is -0.225. The number of carbonyl (C=O) groups excluding carboxylic acids is 2. The van der Waals surface area contributed by atoms with Gasteiger partial charge in [-0.15, -0.1) is 0 Å². The molecule has 1 aromatic heterocycles. The van der Waals surface area contributed by atoms with Gasteiger partial charge in [0.05, 0.1) is 11.7 Å². The quantitative estimate of drug-likeness (QED) is 0.453. The lowest BCUT2D eigenvalue weighted by atomic mass is 10.0. The van der Waals surface area contributed by atoms with E-state index in [1.807, 2.05) is 49.9 Å². The SMILES string of the molecule is Cc1ccc(C2=C(N3CCN(c4ncccn4)CC3)C(=O)N(CCCOC(C)C)C2=O)cc1. The van der Waals surface area contributed by atoms with Gasteiger partial charge in [-0.3, -0.25) is 14.5 Å². The van der Waals surface area contributed by atoms with Gasteiger partial charge in [0.15, 0.2) is 0 Å². The van der Waals surface area contributed by atoms with Crippen molar-refractivity contribution >= 4 is 23.3 Å². The topological polar surface area (TPSA) is 78.9 Å². The second kappa shape index (κ2) is 10.1. The lowest BCUT2D eigenvalue weighted by Crippen LogP contribution is -2.48. The van der Waals surface area contributed by atoms with E-state index in [0.717, 1.165) is 11.1 Å². The fraction of sp³-hybridized carbons (Fsp3) is 0.440. The molecule has 0 unspecified atom stereocenters. The van der Waals surface area contributed by atoms with Crippen LogP contribution in [-0.2, 0) is 14.3 Å². The Morgan fingerprint density at radius 1 is 0.939 bits per heavy atom. The van der Waals surface area contributed by atoms with Gasteiger partial charge in [-0.25, -0.2) is 9.97 Å². The van der Waals surface area contributed by atoms with Crippen LogP contribution in [-0.4, -0.2) is 77.0 Å². The summed E-state index contributed by atoms with van der Waals surface area (Å²) in [7, 11) is 0. The number of imide groups is 1. The number of hydrogen-bond acceptors (Lipinski definition) is 7. The van der Waals surface area contributed by atoms with Crippen LogP contribution in [0.4, 0.5) is 5.95 Å². The second-order valence-electron chi connectivity index (χ2n) is 8.65. The number of ether oxygens (including phenoxy) is 1. The predicted molar refractivity (Wildman–Crippen MR) is 126 cm³/mol. The minimum Gasteiger partial charge on any atom is -0.379 e. The number of hydrogen-bond donors (Lipinski definition) is 0. The molecule has 3 heterocycles. The van der Waals surface area contributed by atoms with Crippen LogP contribution in [0.2, 0.25) is 0 Å². The maximum atomic E-state index is 13.5. The van der Waals surface area contributed by atoms with Crippen molar-refractivity contribution in [2.24, 2.45) is 0 Å². The van der Waals surface area contributed by atoms with Crippen LogP contribution in [0.5, 0.6) is 0 Å². The number of benzene rings is 1. The summed E-state index contributed by atoms with van der Waals surface area (Å²) in [5, 5.41) is 0. The van der Waals surface area contributed by atoms with E-state index in [1.165, 1.54) is 4.90 Å². The number of aromatic nitrogens is 2. The van der Waals surface area contributed by atoms with E-state index in [0.29, 0.717) is 63.0 Å². The van der Waals surface area contributed by atoms with Crippen LogP contribution < -0.4 is 4.90 Å². The normalized spacial score (nSPS) is 17.0. The number of nitrogens with zero attached hydrogens (tertiary/aromatic N) is 5. The average molecular weight is 450 g/mol. The Morgan fingerprint density at radius 3 is 2.21 bits per heavy atom. The molecule has 2 amide bonds. The van der Waals surface area contributed by atoms with Crippen LogP contribution in [0.15, 0.2) is 48.4 Å². The summed E-state index contributed by atoms with van der Waals surface area (Å²) < 4.78 is 5.60. The fourth-order valence-electron chi connectivity index (χ4n) is 4.17. The zero-order valence-electron chi connectivity index (χ0n) is 19.5. The zero-order valence-corrected chi connectivity index (χ0v) is 19.5. The van der Waals surface area contributed by atoms with Gasteiger partial charge in [0.25, 0.3) is 11.8 Å². The van der Waals surface area contributed by atoms with Crippen LogP contribution in [0.3, 0.4) is 0 Å². The van der Waals surface area contributed by atoms with Crippen molar-refractivity contribution < 1.29 is 14.3 Å². The molecule has 0 atom stereocenters. The number of piperazine rings is 1. The molecule has 8 heteroatoms. The summed E-state index contributed by atoms with van der Waals surface area (Å²) >= 11 is 0. The van der Waals surface area contributed by atoms with E-state index in [2.05, 4.69) is 14.9 Å². The smallest absolute Gasteiger partial charge is 0.277 e. The Kier molecular flexibility index (Phi) is 7.03. The van der Waals surface area contributed by atoms with Crippen molar-refractivity contribution in [1.29, 1.82) is 0 Å². The van der Waals surface area contributed by atoms with Crippen LogP contribution in [0.1, 0.15) is 31.4 Å². The Bertz CT molecular complexity index is 1010. The molecule has 0 radical (unpaired) electrons. The number of carbonyl (C=O) groups is 2. The van der Waals surface area contributed by atoms with E-state index in [-0.39, 0.29) is 17.9 Å². The highest BCUT2D eigenvalue weighted by Gasteiger charge is 2.42. The van der Waals surface area contributed by atoms with Gasteiger partial charge in [-0.1, -0.05) is 29.8 Å². The molecule has 4 rings (SSSR count). The second-order valence-corrected chi connectivity index (χ2v) is 8.65. The molecule has 0 bridgehead atoms. The van der Waals surface area contributed by atoms with Gasteiger partial charge in [-0.05, 0) is 38.8 Å². The number of rotatable bonds is 8. The van der Waals surface area contributed by atoms with Crippen molar-refractivity contribution in [2.75, 3.05) is 44.2 Å². The first kappa shape index (κ1) is 22.9. The van der Waals surface area contributed by atoms with Gasteiger partial charge in [0.1, 0.15) is 5.70 Å². The average Bonchev–Trinajstić information content (AvgIpc) is 3.07. The van der Waals surface area contributed by atoms with Crippen molar-refractivity contribution in [3.8, 4) is 0 Å². The number of aryl methyl sites for hydroxylation is 1. The summed E-state index contributed by atoms with van der Waals surface area (Å²) in [6, 6.07) is 9.59. The summed E-state index contributed by atoms with van der Waals surface area (Å²) in [4.78, 5) is 41.1. The molecule has 8 nitrogen and oxygen atoms in total. The predicted octanol–water partition coefficient (Wildman–Crippen LogP) is 2.50. The number of amides is 2. The van der Waals surface area contributed by atoms with Crippen molar-refractivity contribution in [2.45, 2.75) is 33.3 Å². The highest BCUT2D eigenvalue weighted by atomic mass is 16.5. The molecule has 0 spiro atoms. The third-order valence-corrected chi connectivity index (χ3v) is 5.89. The molecular formula is C25H31N5O3. The highest BCUT2D eigenvalue weighted by Crippen LogP contribution is 2.32. The van der Waals surface area contributed by atoms with Crippen molar-refractivity contribution in [3.05, 3.63) is 59.5 Å². The zero-order chi connectivity index (χ0) is 23.4. The summed E-state index contributed by atoms with van der Waals surface area (Å²) in [5.74, 6) is 0.243. The first-order chi connectivity index (χ1) is 16.0. The van der Waals surface area contributed by atoms with Gasteiger partial charge in [-0.2, -0.15) is 0 Å². The Hall–Kier alpha value is -3.26. The molecule has 0 saturated carbocycles. The molecule has 0 N–H and O–H groups in total. The monoisotopic (exact) mass is 449 g/mol. The molecule has 2 aliphatic heterocycles. The van der Waals surface area contributed by atoms with E-state index in [4.69, 9.17) is 4.74 Å². The highest BCUT2D eigenvalue weighted by molar-refractivity contribution is 6.35. The molecule has 2 aliphatic rings. The number of anilines is 1. The third kappa shape index (κ3) is 5.06. The first-order valence-electron chi connectivity index (χ1n) is 11.5. The third-order valence-electron chi connectivity index (χ3n) is 5.89. The lowest BCUT2D eigenvalue weighted by molar-refractivity contribution is -0.137. The maximum absolute atomic E-state index is 13.5. The van der Waals surface area contributed by atoms with Gasteiger partial charge in [0.2, 0.25) is 5.95 Å². The van der Waals surface area contributed by atoms with Crippen LogP contribution in [0.25, 0.3) is 5.57 Å². The van der Waals surface area contributed by atoms with Crippen LogP contribution >= 0.6 is 0 Å². The van der Waals surface area contributed by atoms with Gasteiger partial charge < -0.3 is 14.5 Å². The molecule has 2 aromatic rings. The molecule has 1 fully saturated rings. The Morgan fingerprint density at radius 2 is 1.58 bits per heavy atom. The van der Waals surface area contributed by atoms with E-state index < -0.39 is 0 Å². The van der Waals surface area contributed by atoms with E-state index in [1.54, 1.807) is 18.5 Å². The Labute approximate surface area is 194 Å².